The largest absolute Gasteiger partial charge is 0.374 e. The highest BCUT2D eigenvalue weighted by molar-refractivity contribution is 7.80. The van der Waals surface area contributed by atoms with E-state index in [1.165, 1.54) is 22.3 Å². The molecule has 0 N–H and O–H groups in total. The standard InChI is InChI=1S/C19H23NOS.C8H10/c1-15(16-8-4-2-5-9-16)20-12-13-21-18(14-20)19(22)17-10-6-3-7-11-17;1-7-5-3-4-6-8(7)2/h2-11,15,18-19,22H,12-14H2,1H3;3-6H,1-2H3/t15-,18+,19+;/m0./s1. The minimum Gasteiger partial charge on any atom is -0.374 e. The van der Waals surface area contributed by atoms with Crippen LogP contribution in [0.3, 0.4) is 0 Å². The van der Waals surface area contributed by atoms with Crippen molar-refractivity contribution < 1.29 is 4.74 Å². The molecule has 3 heteroatoms. The molecule has 1 fully saturated rings. The Hall–Kier alpha value is -2.07. The molecule has 4 rings (SSSR count). The van der Waals surface area contributed by atoms with Gasteiger partial charge < -0.3 is 4.74 Å². The van der Waals surface area contributed by atoms with Gasteiger partial charge in [-0.2, -0.15) is 12.6 Å². The number of aryl methyl sites for hydroxylation is 2. The summed E-state index contributed by atoms with van der Waals surface area (Å²) in [7, 11) is 0. The zero-order chi connectivity index (χ0) is 21.3. The predicted molar refractivity (Wildman–Crippen MR) is 130 cm³/mol. The van der Waals surface area contributed by atoms with Crippen molar-refractivity contribution in [3.63, 3.8) is 0 Å². The Balaban J connectivity index is 0.000000269. The van der Waals surface area contributed by atoms with Gasteiger partial charge in [-0.3, -0.25) is 4.90 Å². The van der Waals surface area contributed by atoms with Crippen LogP contribution in [0.25, 0.3) is 0 Å². The number of rotatable bonds is 4. The molecule has 3 aromatic carbocycles. The third-order valence-corrected chi connectivity index (χ3v) is 6.50. The van der Waals surface area contributed by atoms with Crippen molar-refractivity contribution in [2.75, 3.05) is 19.7 Å². The highest BCUT2D eigenvalue weighted by Gasteiger charge is 2.29. The van der Waals surface area contributed by atoms with Gasteiger partial charge in [0.25, 0.3) is 0 Å². The molecule has 0 unspecified atom stereocenters. The van der Waals surface area contributed by atoms with E-state index in [0.29, 0.717) is 6.04 Å². The van der Waals surface area contributed by atoms with E-state index in [2.05, 4.69) is 105 Å². The topological polar surface area (TPSA) is 12.5 Å². The SMILES string of the molecule is C[C@@H](c1ccccc1)N1CCO[C@@H]([C@H](S)c2ccccc2)C1.Cc1ccccc1C. The summed E-state index contributed by atoms with van der Waals surface area (Å²) >= 11 is 4.81. The molecule has 1 heterocycles. The van der Waals surface area contributed by atoms with Gasteiger partial charge >= 0.3 is 0 Å². The van der Waals surface area contributed by atoms with Crippen molar-refractivity contribution >= 4 is 12.6 Å². The van der Waals surface area contributed by atoms with Crippen LogP contribution >= 0.6 is 12.6 Å². The lowest BCUT2D eigenvalue weighted by atomic mass is 10.0. The quantitative estimate of drug-likeness (QED) is 0.490. The number of hydrogen-bond donors (Lipinski definition) is 1. The summed E-state index contributed by atoms with van der Waals surface area (Å²) in [5, 5.41) is 0.118. The van der Waals surface area contributed by atoms with Crippen LogP contribution < -0.4 is 0 Å². The number of nitrogens with zero attached hydrogens (tertiary/aromatic N) is 1. The van der Waals surface area contributed by atoms with Gasteiger partial charge in [0.2, 0.25) is 0 Å². The number of ether oxygens (including phenoxy) is 1. The Bertz CT molecular complexity index is 811. The fourth-order valence-electron chi connectivity index (χ4n) is 3.71. The average molecular weight is 420 g/mol. The maximum Gasteiger partial charge on any atom is 0.0859 e. The molecule has 2 nitrogen and oxygen atoms in total. The van der Waals surface area contributed by atoms with E-state index >= 15 is 0 Å². The fourth-order valence-corrected chi connectivity index (χ4v) is 4.06. The fraction of sp³-hybridized carbons (Fsp3) is 0.333. The van der Waals surface area contributed by atoms with Crippen molar-refractivity contribution in [3.05, 3.63) is 107 Å². The number of thiol groups is 1. The second kappa shape index (κ2) is 11.4. The predicted octanol–water partition coefficient (Wildman–Crippen LogP) is 6.42. The minimum atomic E-state index is 0.118. The van der Waals surface area contributed by atoms with E-state index in [-0.39, 0.29) is 11.4 Å². The van der Waals surface area contributed by atoms with Gasteiger partial charge in [0.05, 0.1) is 18.0 Å². The molecule has 0 bridgehead atoms. The molecule has 0 saturated carbocycles. The Morgan fingerprint density at radius 3 is 1.83 bits per heavy atom. The summed E-state index contributed by atoms with van der Waals surface area (Å²) in [5.41, 5.74) is 5.32. The van der Waals surface area contributed by atoms with Crippen molar-refractivity contribution in [1.29, 1.82) is 0 Å². The van der Waals surface area contributed by atoms with Gasteiger partial charge in [-0.05, 0) is 43.0 Å². The summed E-state index contributed by atoms with van der Waals surface area (Å²) < 4.78 is 5.99. The lowest BCUT2D eigenvalue weighted by Crippen LogP contribution is -2.45. The lowest BCUT2D eigenvalue weighted by molar-refractivity contribution is -0.0418. The summed E-state index contributed by atoms with van der Waals surface area (Å²) in [6.45, 7) is 9.17. The number of morpholine rings is 1. The van der Waals surface area contributed by atoms with E-state index < -0.39 is 0 Å². The molecule has 0 radical (unpaired) electrons. The second-order valence-electron chi connectivity index (χ2n) is 7.93. The van der Waals surface area contributed by atoms with Crippen LogP contribution in [-0.2, 0) is 4.74 Å². The van der Waals surface area contributed by atoms with Crippen LogP contribution in [0.5, 0.6) is 0 Å². The smallest absolute Gasteiger partial charge is 0.0859 e. The van der Waals surface area contributed by atoms with Crippen LogP contribution in [-0.4, -0.2) is 30.7 Å². The third-order valence-electron chi connectivity index (χ3n) is 5.87. The first-order valence-corrected chi connectivity index (χ1v) is 11.2. The highest BCUT2D eigenvalue weighted by Crippen LogP contribution is 2.31. The Morgan fingerprint density at radius 2 is 1.30 bits per heavy atom. The van der Waals surface area contributed by atoms with Crippen LogP contribution in [0, 0.1) is 13.8 Å². The number of hydrogen-bond acceptors (Lipinski definition) is 3. The van der Waals surface area contributed by atoms with Gasteiger partial charge in [0.1, 0.15) is 0 Å². The number of benzene rings is 3. The molecule has 30 heavy (non-hydrogen) atoms. The lowest BCUT2D eigenvalue weighted by Gasteiger charge is -2.39. The molecule has 158 valence electrons. The van der Waals surface area contributed by atoms with Crippen molar-refractivity contribution in [1.82, 2.24) is 4.90 Å². The van der Waals surface area contributed by atoms with Gasteiger partial charge in [-0.25, -0.2) is 0 Å². The van der Waals surface area contributed by atoms with Gasteiger partial charge in [-0.15, -0.1) is 0 Å². The van der Waals surface area contributed by atoms with E-state index in [0.717, 1.165) is 19.7 Å². The highest BCUT2D eigenvalue weighted by atomic mass is 32.1. The molecule has 0 amide bonds. The maximum atomic E-state index is 5.99. The average Bonchev–Trinajstić information content (AvgIpc) is 2.82. The van der Waals surface area contributed by atoms with Crippen molar-refractivity contribution in [2.45, 2.75) is 38.2 Å². The zero-order valence-corrected chi connectivity index (χ0v) is 19.1. The Kier molecular flexibility index (Phi) is 8.56. The molecule has 1 aliphatic rings. The third kappa shape index (κ3) is 6.21. The molecule has 1 aliphatic heterocycles. The maximum absolute atomic E-state index is 5.99. The summed E-state index contributed by atoms with van der Waals surface area (Å²) in [4.78, 5) is 2.50. The molecule has 3 aromatic rings. The first-order valence-electron chi connectivity index (χ1n) is 10.7. The summed E-state index contributed by atoms with van der Waals surface area (Å²) in [6, 6.07) is 29.9. The minimum absolute atomic E-state index is 0.118. The van der Waals surface area contributed by atoms with Crippen LogP contribution in [0.1, 0.15) is 40.5 Å². The zero-order valence-electron chi connectivity index (χ0n) is 18.2. The van der Waals surface area contributed by atoms with Crippen LogP contribution in [0.15, 0.2) is 84.9 Å². The normalized spacial score (nSPS) is 18.7. The Labute approximate surface area is 187 Å². The first kappa shape index (κ1) is 22.6. The molecule has 0 aliphatic carbocycles. The molecule has 1 saturated heterocycles. The van der Waals surface area contributed by atoms with Gasteiger partial charge in [0.15, 0.2) is 0 Å². The van der Waals surface area contributed by atoms with E-state index in [9.17, 15) is 0 Å². The summed E-state index contributed by atoms with van der Waals surface area (Å²) in [6.07, 6.45) is 0.130. The van der Waals surface area contributed by atoms with E-state index in [4.69, 9.17) is 17.4 Å². The first-order chi connectivity index (χ1) is 14.6. The molecule has 3 atom stereocenters. The van der Waals surface area contributed by atoms with Crippen molar-refractivity contribution in [3.8, 4) is 0 Å². The van der Waals surface area contributed by atoms with Gasteiger partial charge in [0, 0.05) is 19.1 Å². The Morgan fingerprint density at radius 1 is 0.800 bits per heavy atom. The van der Waals surface area contributed by atoms with E-state index in [1.54, 1.807) is 0 Å². The molecular weight excluding hydrogens is 386 g/mol. The summed E-state index contributed by atoms with van der Waals surface area (Å²) in [5.74, 6) is 0. The molecular formula is C27H33NOS. The molecule has 0 aromatic heterocycles. The monoisotopic (exact) mass is 419 g/mol. The van der Waals surface area contributed by atoms with Gasteiger partial charge in [-0.1, -0.05) is 84.9 Å². The molecule has 0 spiro atoms. The van der Waals surface area contributed by atoms with Crippen LogP contribution in [0.4, 0.5) is 0 Å². The second-order valence-corrected chi connectivity index (χ2v) is 8.49. The van der Waals surface area contributed by atoms with Crippen LogP contribution in [0.2, 0.25) is 0 Å². The van der Waals surface area contributed by atoms with Crippen molar-refractivity contribution in [2.24, 2.45) is 0 Å². The van der Waals surface area contributed by atoms with E-state index in [1.807, 2.05) is 6.07 Å².